The normalized spacial score (nSPS) is 15.2. The van der Waals surface area contributed by atoms with Crippen LogP contribution in [0.25, 0.3) is 10.4 Å². The first-order valence-corrected chi connectivity index (χ1v) is 8.74. The Labute approximate surface area is 158 Å². The van der Waals surface area contributed by atoms with Crippen molar-refractivity contribution in [1.82, 2.24) is 0 Å². The first-order chi connectivity index (χ1) is 12.9. The van der Waals surface area contributed by atoms with Crippen molar-refractivity contribution in [2.45, 2.75) is 45.6 Å². The molecule has 1 aromatic carbocycles. The highest BCUT2D eigenvalue weighted by Gasteiger charge is 2.35. The molecule has 0 amide bonds. The average molecular weight is 370 g/mol. The van der Waals surface area contributed by atoms with Crippen LogP contribution in [0.3, 0.4) is 0 Å². The standard InChI is InChI=1S/C20H22N2O5/c1-6-20(7-2)12-13(4)15-11-14(9-10-16(15)26-20)18(23)27-22-17(21-5)19(24)25-8-3/h9-11H,4,6-8,12H2,1-3H3/b22-17+. The van der Waals surface area contributed by atoms with Crippen LogP contribution >= 0.6 is 0 Å². The van der Waals surface area contributed by atoms with Crippen molar-refractivity contribution >= 4 is 23.3 Å². The maximum atomic E-state index is 12.2. The van der Waals surface area contributed by atoms with E-state index in [9.17, 15) is 9.59 Å². The van der Waals surface area contributed by atoms with E-state index in [-0.39, 0.29) is 17.8 Å². The lowest BCUT2D eigenvalue weighted by molar-refractivity contribution is -0.135. The zero-order valence-electron chi connectivity index (χ0n) is 15.7. The number of amidine groups is 1. The maximum Gasteiger partial charge on any atom is 0.399 e. The fraction of sp³-hybridized carbons (Fsp3) is 0.400. The third-order valence-corrected chi connectivity index (χ3v) is 4.53. The van der Waals surface area contributed by atoms with Crippen molar-refractivity contribution in [1.29, 1.82) is 0 Å². The molecule has 1 heterocycles. The molecule has 27 heavy (non-hydrogen) atoms. The summed E-state index contributed by atoms with van der Waals surface area (Å²) in [5, 5.41) is 3.30. The van der Waals surface area contributed by atoms with Gasteiger partial charge in [0, 0.05) is 12.0 Å². The molecule has 0 radical (unpaired) electrons. The highest BCUT2D eigenvalue weighted by molar-refractivity contribution is 6.39. The van der Waals surface area contributed by atoms with Gasteiger partial charge in [-0.2, -0.15) is 0 Å². The number of nitrogens with zero attached hydrogens (tertiary/aromatic N) is 2. The van der Waals surface area contributed by atoms with E-state index < -0.39 is 17.8 Å². The summed E-state index contributed by atoms with van der Waals surface area (Å²) in [6, 6.07) is 4.86. The summed E-state index contributed by atoms with van der Waals surface area (Å²) in [6.45, 7) is 16.9. The number of hydrogen-bond donors (Lipinski definition) is 0. The molecule has 0 bridgehead atoms. The summed E-state index contributed by atoms with van der Waals surface area (Å²) >= 11 is 0. The summed E-state index contributed by atoms with van der Waals surface area (Å²) < 4.78 is 10.8. The lowest BCUT2D eigenvalue weighted by atomic mass is 9.83. The van der Waals surface area contributed by atoms with Gasteiger partial charge in [-0.15, -0.1) is 0 Å². The molecule has 0 fully saturated rings. The Balaban J connectivity index is 2.21. The fourth-order valence-corrected chi connectivity index (χ4v) is 2.86. The number of carbonyl (C=O) groups is 2. The predicted octanol–water partition coefficient (Wildman–Crippen LogP) is 3.99. The molecule has 2 rings (SSSR count). The number of hydrogen-bond acceptors (Lipinski definition) is 6. The van der Waals surface area contributed by atoms with Gasteiger partial charge in [0.25, 0.3) is 0 Å². The van der Waals surface area contributed by atoms with E-state index in [4.69, 9.17) is 16.1 Å². The van der Waals surface area contributed by atoms with Gasteiger partial charge in [0.1, 0.15) is 11.4 Å². The minimum atomic E-state index is -0.942. The Bertz CT molecular complexity index is 831. The minimum Gasteiger partial charge on any atom is -0.486 e. The summed E-state index contributed by atoms with van der Waals surface area (Å²) in [4.78, 5) is 31.3. The van der Waals surface area contributed by atoms with E-state index in [0.717, 1.165) is 24.0 Å². The van der Waals surface area contributed by atoms with Crippen molar-refractivity contribution < 1.29 is 23.9 Å². The van der Waals surface area contributed by atoms with Crippen LogP contribution in [0.4, 0.5) is 0 Å². The lowest BCUT2D eigenvalue weighted by Gasteiger charge is -2.38. The van der Waals surface area contributed by atoms with Crippen molar-refractivity contribution in [3.8, 4) is 5.75 Å². The average Bonchev–Trinajstić information content (AvgIpc) is 2.68. The molecule has 142 valence electrons. The highest BCUT2D eigenvalue weighted by Crippen LogP contribution is 2.42. The van der Waals surface area contributed by atoms with Gasteiger partial charge in [-0.05, 0) is 43.5 Å². The number of benzene rings is 1. The van der Waals surface area contributed by atoms with E-state index in [1.165, 1.54) is 0 Å². The first-order valence-electron chi connectivity index (χ1n) is 8.74. The van der Waals surface area contributed by atoms with Crippen LogP contribution in [0.2, 0.25) is 0 Å². The molecule has 1 aromatic rings. The third-order valence-electron chi connectivity index (χ3n) is 4.53. The van der Waals surface area contributed by atoms with Crippen LogP contribution in [-0.4, -0.2) is 30.0 Å². The van der Waals surface area contributed by atoms with E-state index in [2.05, 4.69) is 35.2 Å². The molecule has 0 unspecified atom stereocenters. The zero-order valence-corrected chi connectivity index (χ0v) is 15.7. The minimum absolute atomic E-state index is 0.0886. The smallest absolute Gasteiger partial charge is 0.399 e. The van der Waals surface area contributed by atoms with Crippen LogP contribution < -0.4 is 4.74 Å². The Morgan fingerprint density at radius 2 is 2.04 bits per heavy atom. The second-order valence-corrected chi connectivity index (χ2v) is 6.11. The summed E-state index contributed by atoms with van der Waals surface area (Å²) in [7, 11) is 0. The van der Waals surface area contributed by atoms with Gasteiger partial charge in [-0.3, -0.25) is 4.79 Å². The van der Waals surface area contributed by atoms with Gasteiger partial charge in [-0.1, -0.05) is 27.0 Å². The van der Waals surface area contributed by atoms with E-state index in [1.54, 1.807) is 25.1 Å². The molecule has 7 nitrogen and oxygen atoms in total. The Morgan fingerprint density at radius 1 is 1.33 bits per heavy atom. The predicted molar refractivity (Wildman–Crippen MR) is 100 cm³/mol. The van der Waals surface area contributed by atoms with Crippen LogP contribution in [0.5, 0.6) is 5.75 Å². The zero-order chi connectivity index (χ0) is 20.0. The summed E-state index contributed by atoms with van der Waals surface area (Å²) in [5.74, 6) is -1.71. The quantitative estimate of drug-likeness (QED) is 0.196. The Kier molecular flexibility index (Phi) is 6.35. The molecule has 0 N–H and O–H groups in total. The van der Waals surface area contributed by atoms with Crippen LogP contribution in [-0.2, 0) is 14.4 Å². The molecule has 0 atom stereocenters. The molecule has 0 aromatic heterocycles. The topological polar surface area (TPSA) is 78.5 Å². The maximum absolute atomic E-state index is 12.2. The number of carbonyl (C=O) groups excluding carboxylic acids is 2. The van der Waals surface area contributed by atoms with Crippen LogP contribution in [0, 0.1) is 6.57 Å². The van der Waals surface area contributed by atoms with Gasteiger partial charge in [0.2, 0.25) is 0 Å². The second-order valence-electron chi connectivity index (χ2n) is 6.11. The van der Waals surface area contributed by atoms with Crippen molar-refractivity contribution in [3.05, 3.63) is 47.3 Å². The number of oxime groups is 1. The van der Waals surface area contributed by atoms with Gasteiger partial charge in [0.05, 0.1) is 17.3 Å². The van der Waals surface area contributed by atoms with E-state index in [0.29, 0.717) is 12.2 Å². The summed E-state index contributed by atoms with van der Waals surface area (Å²) in [6.07, 6.45) is 2.38. The van der Waals surface area contributed by atoms with Gasteiger partial charge in [0.15, 0.2) is 0 Å². The molecule has 7 heteroatoms. The molecule has 0 spiro atoms. The number of ether oxygens (including phenoxy) is 2. The first kappa shape index (κ1) is 20.2. The van der Waals surface area contributed by atoms with E-state index in [1.807, 2.05) is 0 Å². The Morgan fingerprint density at radius 3 is 2.63 bits per heavy atom. The molecule has 1 aliphatic heterocycles. The van der Waals surface area contributed by atoms with Gasteiger partial charge < -0.3 is 14.3 Å². The summed E-state index contributed by atoms with van der Waals surface area (Å²) in [5.41, 5.74) is 1.56. The lowest BCUT2D eigenvalue weighted by Crippen LogP contribution is -2.37. The molecule has 1 aliphatic rings. The fourth-order valence-electron chi connectivity index (χ4n) is 2.86. The molecular formula is C20H22N2O5. The monoisotopic (exact) mass is 370 g/mol. The molecular weight excluding hydrogens is 348 g/mol. The van der Waals surface area contributed by atoms with Crippen molar-refractivity contribution in [2.24, 2.45) is 5.16 Å². The largest absolute Gasteiger partial charge is 0.486 e. The van der Waals surface area contributed by atoms with Crippen molar-refractivity contribution in [2.75, 3.05) is 6.61 Å². The van der Waals surface area contributed by atoms with E-state index >= 15 is 0 Å². The van der Waals surface area contributed by atoms with Crippen LogP contribution in [0.15, 0.2) is 29.9 Å². The second kappa shape index (κ2) is 8.49. The van der Waals surface area contributed by atoms with Crippen molar-refractivity contribution in [3.63, 3.8) is 0 Å². The third kappa shape index (κ3) is 4.34. The van der Waals surface area contributed by atoms with Gasteiger partial charge >= 0.3 is 17.8 Å². The number of rotatable bonds is 5. The SMILES string of the molecule is [C-]#[N+]/C(=N/OC(=O)c1ccc2c(c1)C(=C)CC(CC)(CC)O2)C(=O)OCC. The number of esters is 1. The molecule has 0 saturated heterocycles. The van der Waals surface area contributed by atoms with Gasteiger partial charge in [-0.25, -0.2) is 9.63 Å². The Hall–Kier alpha value is -3.14. The molecule has 0 saturated carbocycles. The van der Waals surface area contributed by atoms with Crippen LogP contribution in [0.1, 0.15) is 56.0 Å². The highest BCUT2D eigenvalue weighted by atomic mass is 16.7. The number of fused-ring (bicyclic) bond motifs is 1. The molecule has 0 aliphatic carbocycles.